The molecule has 0 spiro atoms. The van der Waals surface area contributed by atoms with Crippen molar-refractivity contribution in [3.63, 3.8) is 0 Å². The number of nitrogens with one attached hydrogen (secondary N) is 1. The van der Waals surface area contributed by atoms with Gasteiger partial charge < -0.3 is 5.32 Å². The van der Waals surface area contributed by atoms with Gasteiger partial charge in [0, 0.05) is 11.1 Å². The predicted molar refractivity (Wildman–Crippen MR) is 52.5 cm³/mol. The van der Waals surface area contributed by atoms with E-state index in [-0.39, 0.29) is 11.9 Å². The Labute approximate surface area is 83.3 Å². The van der Waals surface area contributed by atoms with Crippen LogP contribution in [0.2, 0.25) is 0 Å². The minimum absolute atomic E-state index is 0.00380. The van der Waals surface area contributed by atoms with Crippen LogP contribution in [0.1, 0.15) is 17.8 Å². The molecule has 66 valence electrons. The van der Waals surface area contributed by atoms with Crippen molar-refractivity contribution in [3.8, 4) is 0 Å². The second kappa shape index (κ2) is 4.57. The third kappa shape index (κ3) is 2.57. The van der Waals surface area contributed by atoms with E-state index in [1.165, 1.54) is 0 Å². The van der Waals surface area contributed by atoms with Gasteiger partial charge in [0.15, 0.2) is 0 Å². The predicted octanol–water partition coefficient (Wildman–Crippen LogP) is 1.72. The number of carbonyl (C=O) groups excluding carboxylic acids is 1. The molecule has 0 bridgehead atoms. The van der Waals surface area contributed by atoms with E-state index in [1.54, 1.807) is 23.0 Å². The third-order valence-corrected chi connectivity index (χ3v) is 2.84. The molecule has 0 aliphatic carbocycles. The highest BCUT2D eigenvalue weighted by atomic mass is 79.9. The smallest absolute Gasteiger partial charge is 0.231 e. The number of hydrogen-bond acceptors (Lipinski definition) is 3. The van der Waals surface area contributed by atoms with Crippen LogP contribution in [0.3, 0.4) is 0 Å². The van der Waals surface area contributed by atoms with Crippen LogP contribution in [0.4, 0.5) is 0 Å². The van der Waals surface area contributed by atoms with Gasteiger partial charge in [0.05, 0.1) is 16.9 Å². The Balaban J connectivity index is 2.49. The standard InChI is InChI=1S/C7H9BrN2OS/c1-5(10-7(11)2-8)6-3-9-4-12-6/h3-5H,2H2,1H3,(H,10,11). The van der Waals surface area contributed by atoms with Gasteiger partial charge in [-0.25, -0.2) is 0 Å². The zero-order valence-corrected chi connectivity index (χ0v) is 8.98. The molecule has 1 amide bonds. The zero-order valence-electron chi connectivity index (χ0n) is 6.58. The summed E-state index contributed by atoms with van der Waals surface area (Å²) >= 11 is 4.62. The van der Waals surface area contributed by atoms with Crippen LogP contribution in [0.5, 0.6) is 0 Å². The molecular weight excluding hydrogens is 240 g/mol. The molecule has 1 aromatic rings. The van der Waals surface area contributed by atoms with Gasteiger partial charge in [0.1, 0.15) is 0 Å². The summed E-state index contributed by atoms with van der Waals surface area (Å²) in [5.41, 5.74) is 1.76. The molecule has 12 heavy (non-hydrogen) atoms. The van der Waals surface area contributed by atoms with E-state index in [2.05, 4.69) is 26.2 Å². The number of rotatable bonds is 3. The average molecular weight is 249 g/mol. The topological polar surface area (TPSA) is 42.0 Å². The van der Waals surface area contributed by atoms with Crippen molar-refractivity contribution in [2.75, 3.05) is 5.33 Å². The lowest BCUT2D eigenvalue weighted by Gasteiger charge is -2.09. The van der Waals surface area contributed by atoms with Gasteiger partial charge in [-0.2, -0.15) is 0 Å². The first-order valence-corrected chi connectivity index (χ1v) is 5.48. The van der Waals surface area contributed by atoms with E-state index >= 15 is 0 Å². The highest BCUT2D eigenvalue weighted by molar-refractivity contribution is 9.09. The average Bonchev–Trinajstić information content (AvgIpc) is 2.56. The second-order valence-electron chi connectivity index (χ2n) is 2.33. The SMILES string of the molecule is CC(NC(=O)CBr)c1cncs1. The van der Waals surface area contributed by atoms with Crippen LogP contribution < -0.4 is 5.32 Å². The van der Waals surface area contributed by atoms with Crippen molar-refractivity contribution >= 4 is 33.2 Å². The molecule has 1 heterocycles. The Kier molecular flexibility index (Phi) is 3.68. The fraction of sp³-hybridized carbons (Fsp3) is 0.429. The molecule has 1 aromatic heterocycles. The van der Waals surface area contributed by atoms with Gasteiger partial charge in [-0.3, -0.25) is 9.78 Å². The molecule has 1 N–H and O–H groups in total. The number of thiazole rings is 1. The summed E-state index contributed by atoms with van der Waals surface area (Å²) in [6.07, 6.45) is 1.77. The van der Waals surface area contributed by atoms with Crippen molar-refractivity contribution in [1.29, 1.82) is 0 Å². The molecule has 3 nitrogen and oxygen atoms in total. The van der Waals surface area contributed by atoms with Crippen LogP contribution in [0, 0.1) is 0 Å². The maximum atomic E-state index is 10.9. The lowest BCUT2D eigenvalue weighted by molar-refractivity contribution is -0.119. The van der Waals surface area contributed by atoms with E-state index in [1.807, 2.05) is 6.92 Å². The largest absolute Gasteiger partial charge is 0.348 e. The number of nitrogens with zero attached hydrogens (tertiary/aromatic N) is 1. The monoisotopic (exact) mass is 248 g/mol. The van der Waals surface area contributed by atoms with Crippen molar-refractivity contribution in [2.24, 2.45) is 0 Å². The minimum Gasteiger partial charge on any atom is -0.348 e. The van der Waals surface area contributed by atoms with Crippen LogP contribution in [-0.4, -0.2) is 16.2 Å². The first-order valence-electron chi connectivity index (χ1n) is 3.47. The van der Waals surface area contributed by atoms with Gasteiger partial charge in [-0.15, -0.1) is 11.3 Å². The first kappa shape index (κ1) is 9.67. The summed E-state index contributed by atoms with van der Waals surface area (Å²) in [6, 6.07) is 0.0579. The first-order chi connectivity index (χ1) is 5.74. The molecule has 1 unspecified atom stereocenters. The molecule has 0 aliphatic rings. The summed E-state index contributed by atoms with van der Waals surface area (Å²) in [5, 5.41) is 3.16. The molecule has 0 aromatic carbocycles. The Morgan fingerprint density at radius 2 is 2.67 bits per heavy atom. The molecule has 5 heteroatoms. The molecule has 1 rings (SSSR count). The summed E-state index contributed by atoms with van der Waals surface area (Å²) in [6.45, 7) is 1.94. The van der Waals surface area contributed by atoms with E-state index < -0.39 is 0 Å². The van der Waals surface area contributed by atoms with E-state index in [4.69, 9.17) is 0 Å². The van der Waals surface area contributed by atoms with E-state index in [0.717, 1.165) is 4.88 Å². The molecular formula is C7H9BrN2OS. The zero-order chi connectivity index (χ0) is 8.97. The van der Waals surface area contributed by atoms with Gasteiger partial charge in [-0.05, 0) is 6.92 Å². The number of aromatic nitrogens is 1. The normalized spacial score (nSPS) is 12.5. The highest BCUT2D eigenvalue weighted by Crippen LogP contribution is 2.15. The van der Waals surface area contributed by atoms with E-state index in [9.17, 15) is 4.79 Å². The van der Waals surface area contributed by atoms with Crippen molar-refractivity contribution < 1.29 is 4.79 Å². The fourth-order valence-corrected chi connectivity index (χ4v) is 1.58. The van der Waals surface area contributed by atoms with Crippen molar-refractivity contribution in [2.45, 2.75) is 13.0 Å². The lowest BCUT2D eigenvalue weighted by atomic mass is 10.3. The maximum Gasteiger partial charge on any atom is 0.231 e. The molecule has 0 saturated heterocycles. The van der Waals surface area contributed by atoms with Gasteiger partial charge >= 0.3 is 0 Å². The van der Waals surface area contributed by atoms with Crippen LogP contribution >= 0.6 is 27.3 Å². The number of hydrogen-bond donors (Lipinski definition) is 1. The minimum atomic E-state index is -0.00380. The Bertz CT molecular complexity index is 250. The fourth-order valence-electron chi connectivity index (χ4n) is 0.791. The van der Waals surface area contributed by atoms with Gasteiger partial charge in [-0.1, -0.05) is 15.9 Å². The number of halogens is 1. The molecule has 1 atom stereocenters. The molecule has 0 saturated carbocycles. The molecule has 0 aliphatic heterocycles. The van der Waals surface area contributed by atoms with Crippen molar-refractivity contribution in [1.82, 2.24) is 10.3 Å². The molecule has 0 radical (unpaired) electrons. The lowest BCUT2D eigenvalue weighted by Crippen LogP contribution is -2.26. The summed E-state index contributed by atoms with van der Waals surface area (Å²) in [4.78, 5) is 15.9. The second-order valence-corrected chi connectivity index (χ2v) is 3.81. The van der Waals surface area contributed by atoms with Gasteiger partial charge in [0.2, 0.25) is 5.91 Å². The summed E-state index contributed by atoms with van der Waals surface area (Å²) in [7, 11) is 0. The third-order valence-electron chi connectivity index (χ3n) is 1.38. The highest BCUT2D eigenvalue weighted by Gasteiger charge is 2.08. The number of carbonyl (C=O) groups is 1. The van der Waals surface area contributed by atoms with Crippen LogP contribution in [-0.2, 0) is 4.79 Å². The van der Waals surface area contributed by atoms with Crippen LogP contribution in [0.15, 0.2) is 11.7 Å². The number of amides is 1. The summed E-state index contributed by atoms with van der Waals surface area (Å²) in [5.74, 6) is -0.00380. The van der Waals surface area contributed by atoms with E-state index in [0.29, 0.717) is 5.33 Å². The maximum absolute atomic E-state index is 10.9. The van der Waals surface area contributed by atoms with Crippen molar-refractivity contribution in [3.05, 3.63) is 16.6 Å². The van der Waals surface area contributed by atoms with Gasteiger partial charge in [0.25, 0.3) is 0 Å². The Morgan fingerprint density at radius 3 is 3.17 bits per heavy atom. The molecule has 0 fully saturated rings. The summed E-state index contributed by atoms with van der Waals surface area (Å²) < 4.78 is 0. The van der Waals surface area contributed by atoms with Crippen LogP contribution in [0.25, 0.3) is 0 Å². The Morgan fingerprint density at radius 1 is 1.92 bits per heavy atom. The quantitative estimate of drug-likeness (QED) is 0.828. The Hall–Kier alpha value is -0.420. The number of alkyl halides is 1.